The number of hydrogen-bond acceptors (Lipinski definition) is 5. The van der Waals surface area contributed by atoms with Gasteiger partial charge < -0.3 is 13.9 Å². The summed E-state index contributed by atoms with van der Waals surface area (Å²) < 4.78 is 17.2. The van der Waals surface area contributed by atoms with E-state index in [0.717, 1.165) is 55.5 Å². The van der Waals surface area contributed by atoms with Crippen LogP contribution in [-0.4, -0.2) is 36.2 Å². The minimum Gasteiger partial charge on any atom is -0.483 e. The first-order chi connectivity index (χ1) is 12.2. The van der Waals surface area contributed by atoms with Gasteiger partial charge in [0.05, 0.1) is 19.4 Å². The number of ether oxygens (including phenoxy) is 2. The molecule has 0 spiro atoms. The normalized spacial score (nSPS) is 18.5. The lowest BCUT2D eigenvalue weighted by atomic mass is 10.1. The Morgan fingerprint density at radius 2 is 1.88 bits per heavy atom. The number of benzene rings is 1. The van der Waals surface area contributed by atoms with Crippen LogP contribution >= 0.6 is 0 Å². The second-order valence-electron chi connectivity index (χ2n) is 7.17. The van der Waals surface area contributed by atoms with E-state index in [9.17, 15) is 0 Å². The van der Waals surface area contributed by atoms with Crippen LogP contribution in [0.1, 0.15) is 47.1 Å². The fourth-order valence-electron chi connectivity index (χ4n) is 3.46. The van der Waals surface area contributed by atoms with E-state index in [-0.39, 0.29) is 0 Å². The predicted octanol–water partition coefficient (Wildman–Crippen LogP) is 3.58. The van der Waals surface area contributed by atoms with E-state index in [2.05, 4.69) is 35.9 Å². The van der Waals surface area contributed by atoms with Crippen molar-refractivity contribution in [3.8, 4) is 5.75 Å². The average Bonchev–Trinajstić information content (AvgIpc) is 3.34. The molecule has 5 heteroatoms. The zero-order valence-electron chi connectivity index (χ0n) is 15.1. The molecule has 0 N–H and O–H groups in total. The summed E-state index contributed by atoms with van der Waals surface area (Å²) in [5, 5.41) is 0. The van der Waals surface area contributed by atoms with Crippen LogP contribution in [0.5, 0.6) is 5.75 Å². The molecule has 2 aromatic rings. The fourth-order valence-corrected chi connectivity index (χ4v) is 3.46. The smallest absolute Gasteiger partial charge is 0.232 e. The van der Waals surface area contributed by atoms with Gasteiger partial charge in [0.25, 0.3) is 0 Å². The highest BCUT2D eigenvalue weighted by Crippen LogP contribution is 2.40. The Bertz CT molecular complexity index is 707. The average molecular weight is 342 g/mol. The minimum absolute atomic E-state index is 0.386. The van der Waals surface area contributed by atoms with Crippen molar-refractivity contribution in [1.29, 1.82) is 0 Å². The summed E-state index contributed by atoms with van der Waals surface area (Å²) in [4.78, 5) is 6.77. The van der Waals surface area contributed by atoms with Crippen LogP contribution in [0.2, 0.25) is 0 Å². The first-order valence-electron chi connectivity index (χ1n) is 9.16. The van der Waals surface area contributed by atoms with Crippen molar-refractivity contribution in [3.63, 3.8) is 0 Å². The Balaban J connectivity index is 1.40. The second kappa shape index (κ2) is 7.18. The van der Waals surface area contributed by atoms with Gasteiger partial charge in [0, 0.05) is 25.6 Å². The standard InChI is InChI=1S/C20H26N2O3/c1-14-9-16(12-22-5-7-23-8-6-22)10-15(2)20(14)24-13-19-21-11-18(25-19)17-3-4-17/h9-11,17H,3-8,12-13H2,1-2H3. The summed E-state index contributed by atoms with van der Waals surface area (Å²) in [6.45, 7) is 9.24. The molecule has 134 valence electrons. The molecule has 0 radical (unpaired) electrons. The van der Waals surface area contributed by atoms with Crippen molar-refractivity contribution in [3.05, 3.63) is 46.7 Å². The summed E-state index contributed by atoms with van der Waals surface area (Å²) >= 11 is 0. The number of nitrogens with zero attached hydrogens (tertiary/aromatic N) is 2. The number of aryl methyl sites for hydroxylation is 2. The monoisotopic (exact) mass is 342 g/mol. The third kappa shape index (κ3) is 4.05. The lowest BCUT2D eigenvalue weighted by Gasteiger charge is -2.27. The maximum atomic E-state index is 6.02. The minimum atomic E-state index is 0.386. The largest absolute Gasteiger partial charge is 0.483 e. The topological polar surface area (TPSA) is 47.7 Å². The van der Waals surface area contributed by atoms with Gasteiger partial charge in [-0.15, -0.1) is 0 Å². The number of aromatic nitrogens is 1. The summed E-state index contributed by atoms with van der Waals surface area (Å²) in [5.41, 5.74) is 3.66. The van der Waals surface area contributed by atoms with E-state index in [1.165, 1.54) is 18.4 Å². The molecule has 5 nitrogen and oxygen atoms in total. The highest BCUT2D eigenvalue weighted by Gasteiger charge is 2.27. The molecular weight excluding hydrogens is 316 g/mol. The van der Waals surface area contributed by atoms with Crippen molar-refractivity contribution in [1.82, 2.24) is 9.88 Å². The van der Waals surface area contributed by atoms with Gasteiger partial charge in [-0.2, -0.15) is 0 Å². The summed E-state index contributed by atoms with van der Waals surface area (Å²) in [6, 6.07) is 4.45. The zero-order valence-corrected chi connectivity index (χ0v) is 15.1. The van der Waals surface area contributed by atoms with Crippen LogP contribution in [0.4, 0.5) is 0 Å². The number of oxazole rings is 1. The van der Waals surface area contributed by atoms with Gasteiger partial charge in [0.1, 0.15) is 11.5 Å². The van der Waals surface area contributed by atoms with E-state index >= 15 is 0 Å². The quantitative estimate of drug-likeness (QED) is 0.803. The SMILES string of the molecule is Cc1cc(CN2CCOCC2)cc(C)c1OCc1ncc(C2CC2)o1. The van der Waals surface area contributed by atoms with Gasteiger partial charge in [-0.05, 0) is 43.4 Å². The molecule has 2 fully saturated rings. The summed E-state index contributed by atoms with van der Waals surface area (Å²) in [5.74, 6) is 3.20. The molecule has 1 aromatic carbocycles. The van der Waals surface area contributed by atoms with Crippen LogP contribution in [0.3, 0.4) is 0 Å². The van der Waals surface area contributed by atoms with Crippen LogP contribution in [0.25, 0.3) is 0 Å². The highest BCUT2D eigenvalue weighted by atomic mass is 16.5. The summed E-state index contributed by atoms with van der Waals surface area (Å²) in [7, 11) is 0. The van der Waals surface area contributed by atoms with Crippen LogP contribution in [-0.2, 0) is 17.9 Å². The molecule has 1 saturated carbocycles. The molecule has 0 amide bonds. The first kappa shape index (κ1) is 16.6. The van der Waals surface area contributed by atoms with E-state index < -0.39 is 0 Å². The van der Waals surface area contributed by atoms with Gasteiger partial charge in [-0.25, -0.2) is 4.98 Å². The second-order valence-corrected chi connectivity index (χ2v) is 7.17. The van der Waals surface area contributed by atoms with Crippen molar-refractivity contribution in [2.75, 3.05) is 26.3 Å². The molecule has 0 bridgehead atoms. The molecule has 1 saturated heterocycles. The Labute approximate surface area is 148 Å². The maximum Gasteiger partial charge on any atom is 0.232 e. The molecule has 25 heavy (non-hydrogen) atoms. The lowest BCUT2D eigenvalue weighted by molar-refractivity contribution is 0.0341. The van der Waals surface area contributed by atoms with E-state index in [0.29, 0.717) is 18.4 Å². The molecule has 1 aromatic heterocycles. The molecule has 4 rings (SSSR count). The molecule has 0 atom stereocenters. The summed E-state index contributed by atoms with van der Waals surface area (Å²) in [6.07, 6.45) is 4.29. The van der Waals surface area contributed by atoms with Gasteiger partial charge in [0.15, 0.2) is 6.61 Å². The molecular formula is C20H26N2O3. The lowest BCUT2D eigenvalue weighted by Crippen LogP contribution is -2.35. The fraction of sp³-hybridized carbons (Fsp3) is 0.550. The molecule has 0 unspecified atom stereocenters. The van der Waals surface area contributed by atoms with Crippen molar-refractivity contribution in [2.45, 2.75) is 45.8 Å². The van der Waals surface area contributed by atoms with Crippen molar-refractivity contribution < 1.29 is 13.9 Å². The van der Waals surface area contributed by atoms with Gasteiger partial charge in [-0.3, -0.25) is 4.90 Å². The highest BCUT2D eigenvalue weighted by molar-refractivity contribution is 5.43. The molecule has 2 aliphatic rings. The Hall–Kier alpha value is -1.85. The third-order valence-electron chi connectivity index (χ3n) is 4.92. The Morgan fingerprint density at radius 3 is 2.56 bits per heavy atom. The van der Waals surface area contributed by atoms with Crippen molar-refractivity contribution >= 4 is 0 Å². The van der Waals surface area contributed by atoms with E-state index in [1.54, 1.807) is 0 Å². The van der Waals surface area contributed by atoms with Gasteiger partial charge in [-0.1, -0.05) is 12.1 Å². The van der Waals surface area contributed by atoms with E-state index in [1.807, 2.05) is 6.20 Å². The Morgan fingerprint density at radius 1 is 1.16 bits per heavy atom. The van der Waals surface area contributed by atoms with Gasteiger partial charge >= 0.3 is 0 Å². The van der Waals surface area contributed by atoms with Crippen LogP contribution in [0, 0.1) is 13.8 Å². The van der Waals surface area contributed by atoms with Crippen molar-refractivity contribution in [2.24, 2.45) is 0 Å². The van der Waals surface area contributed by atoms with Crippen LogP contribution in [0.15, 0.2) is 22.7 Å². The predicted molar refractivity (Wildman–Crippen MR) is 94.8 cm³/mol. The van der Waals surface area contributed by atoms with E-state index in [4.69, 9.17) is 13.9 Å². The first-order valence-corrected chi connectivity index (χ1v) is 9.16. The number of hydrogen-bond donors (Lipinski definition) is 0. The molecule has 2 heterocycles. The third-order valence-corrected chi connectivity index (χ3v) is 4.92. The zero-order chi connectivity index (χ0) is 17.2. The molecule has 1 aliphatic heterocycles. The maximum absolute atomic E-state index is 6.02. The van der Waals surface area contributed by atoms with Gasteiger partial charge in [0.2, 0.25) is 5.89 Å². The number of morpholine rings is 1. The van der Waals surface area contributed by atoms with Crippen LogP contribution < -0.4 is 4.74 Å². The molecule has 1 aliphatic carbocycles. The Kier molecular flexibility index (Phi) is 4.77. The number of rotatable bonds is 6.